The van der Waals surface area contributed by atoms with Crippen molar-refractivity contribution in [3.8, 4) is 0 Å². The molecule has 0 amide bonds. The van der Waals surface area contributed by atoms with Crippen LogP contribution in [0.15, 0.2) is 72.1 Å². The van der Waals surface area contributed by atoms with Gasteiger partial charge in [0, 0.05) is 0 Å². The van der Waals surface area contributed by atoms with Crippen molar-refractivity contribution in [2.45, 2.75) is 13.8 Å². The average molecular weight is 212 g/mol. The van der Waals surface area contributed by atoms with Crippen LogP contribution in [0.3, 0.4) is 0 Å². The summed E-state index contributed by atoms with van der Waals surface area (Å²) in [6, 6.07) is 0. The molecule has 0 bridgehead atoms. The molecule has 0 atom stereocenters. The minimum atomic E-state index is 0.643. The van der Waals surface area contributed by atoms with Crippen LogP contribution in [0.5, 0.6) is 0 Å². The van der Waals surface area contributed by atoms with Crippen LogP contribution in [0.2, 0.25) is 0 Å². The van der Waals surface area contributed by atoms with Crippen LogP contribution in [0.4, 0.5) is 0 Å². The highest BCUT2D eigenvalue weighted by atomic mass is 16.5. The van der Waals surface area contributed by atoms with Gasteiger partial charge in [-0.3, -0.25) is 0 Å². The molecule has 0 unspecified atom stereocenters. The van der Waals surface area contributed by atoms with E-state index in [1.807, 2.05) is 50.3 Å². The fourth-order valence-electron chi connectivity index (χ4n) is 1.47. The molecule has 0 aromatic heterocycles. The average Bonchev–Trinajstić information content (AvgIpc) is 2.28. The Hall–Kier alpha value is -1.70. The quantitative estimate of drug-likeness (QED) is 0.559. The molecule has 0 aromatic rings. The summed E-state index contributed by atoms with van der Waals surface area (Å²) in [5.74, 6) is 1.50. The van der Waals surface area contributed by atoms with E-state index in [-0.39, 0.29) is 0 Å². The van der Waals surface area contributed by atoms with Crippen LogP contribution < -0.4 is 0 Å². The fourth-order valence-corrected chi connectivity index (χ4v) is 1.47. The lowest BCUT2D eigenvalue weighted by Gasteiger charge is -2.13. The van der Waals surface area contributed by atoms with Crippen LogP contribution in [-0.4, -0.2) is 7.28 Å². The first-order valence-corrected chi connectivity index (χ1v) is 5.38. The van der Waals surface area contributed by atoms with Crippen LogP contribution >= 0.6 is 0 Å². The van der Waals surface area contributed by atoms with E-state index in [2.05, 4.69) is 13.2 Å². The van der Waals surface area contributed by atoms with E-state index in [1.165, 1.54) is 0 Å². The van der Waals surface area contributed by atoms with Crippen molar-refractivity contribution in [1.29, 1.82) is 0 Å². The minimum Gasteiger partial charge on any atom is -0.459 e. The molecular weight excluding hydrogens is 195 g/mol. The van der Waals surface area contributed by atoms with E-state index < -0.39 is 0 Å². The summed E-state index contributed by atoms with van der Waals surface area (Å²) >= 11 is 0. The van der Waals surface area contributed by atoms with Gasteiger partial charge in [-0.2, -0.15) is 0 Å². The molecule has 1 aliphatic rings. The van der Waals surface area contributed by atoms with Crippen molar-refractivity contribution >= 4 is 7.28 Å². The first-order chi connectivity index (χ1) is 7.67. The standard InChI is InChI=1S/C14H17BO/c1-5-13-14(6-2)16-12(4)10-8-7-9-11(3)15-13/h5-10,15H,3-4H2,1-2H3/b9-7-,10-8-,13-5+,14-6+. The molecule has 0 aromatic carbocycles. The third-order valence-electron chi connectivity index (χ3n) is 2.31. The molecule has 82 valence electrons. The van der Waals surface area contributed by atoms with Crippen LogP contribution in [-0.2, 0) is 4.74 Å². The molecule has 0 saturated carbocycles. The summed E-state index contributed by atoms with van der Waals surface area (Å²) in [4.78, 5) is 0. The van der Waals surface area contributed by atoms with Gasteiger partial charge in [-0.05, 0) is 31.5 Å². The fraction of sp³-hybridized carbons (Fsp3) is 0.143. The Kier molecular flexibility index (Phi) is 4.65. The highest BCUT2D eigenvalue weighted by molar-refractivity contribution is 6.55. The molecule has 1 nitrogen and oxygen atoms in total. The second-order valence-electron chi connectivity index (χ2n) is 3.59. The summed E-state index contributed by atoms with van der Waals surface area (Å²) < 4.78 is 5.66. The molecule has 1 aliphatic heterocycles. The van der Waals surface area contributed by atoms with Gasteiger partial charge in [0.15, 0.2) is 7.28 Å². The zero-order valence-electron chi connectivity index (χ0n) is 9.99. The Balaban J connectivity index is 3.06. The molecule has 2 heteroatoms. The largest absolute Gasteiger partial charge is 0.459 e. The predicted molar refractivity (Wildman–Crippen MR) is 72.3 cm³/mol. The Bertz CT molecular complexity index is 368. The molecule has 1 heterocycles. The van der Waals surface area contributed by atoms with Gasteiger partial charge in [0.25, 0.3) is 0 Å². The molecule has 1 rings (SSSR count). The van der Waals surface area contributed by atoms with Gasteiger partial charge in [0.05, 0.1) is 0 Å². The Morgan fingerprint density at radius 3 is 2.44 bits per heavy atom. The molecule has 0 fully saturated rings. The van der Waals surface area contributed by atoms with Gasteiger partial charge in [0.1, 0.15) is 11.5 Å². The number of hydrogen-bond donors (Lipinski definition) is 0. The first-order valence-electron chi connectivity index (χ1n) is 5.38. The molecule has 16 heavy (non-hydrogen) atoms. The maximum Gasteiger partial charge on any atom is 0.195 e. The van der Waals surface area contributed by atoms with E-state index in [4.69, 9.17) is 4.74 Å². The van der Waals surface area contributed by atoms with Crippen molar-refractivity contribution in [2.24, 2.45) is 0 Å². The lowest BCUT2D eigenvalue weighted by Crippen LogP contribution is -2.05. The lowest BCUT2D eigenvalue weighted by molar-refractivity contribution is 0.335. The third-order valence-corrected chi connectivity index (χ3v) is 2.31. The number of allylic oxidation sites excluding steroid dienone is 8. The SMILES string of the molecule is C=C1BC(=C/C)/C(=C\C)OC(=C)/C=C\C=C/1. The summed E-state index contributed by atoms with van der Waals surface area (Å²) in [6.07, 6.45) is 11.7. The Morgan fingerprint density at radius 1 is 1.12 bits per heavy atom. The predicted octanol–water partition coefficient (Wildman–Crippen LogP) is 3.40. The monoisotopic (exact) mass is 212 g/mol. The smallest absolute Gasteiger partial charge is 0.195 e. The van der Waals surface area contributed by atoms with Crippen LogP contribution in [0, 0.1) is 0 Å². The van der Waals surface area contributed by atoms with Gasteiger partial charge in [-0.1, -0.05) is 36.4 Å². The van der Waals surface area contributed by atoms with Crippen molar-refractivity contribution in [1.82, 2.24) is 0 Å². The summed E-state index contributed by atoms with van der Waals surface area (Å²) in [5.41, 5.74) is 2.20. The molecule has 0 radical (unpaired) electrons. The van der Waals surface area contributed by atoms with E-state index >= 15 is 0 Å². The molecule has 0 aliphatic carbocycles. The normalized spacial score (nSPS) is 26.1. The first kappa shape index (κ1) is 12.4. The number of rotatable bonds is 0. The molecular formula is C14H17BO. The summed E-state index contributed by atoms with van der Waals surface area (Å²) in [7, 11) is 0.799. The Labute approximate surface area is 98.4 Å². The Morgan fingerprint density at radius 2 is 1.81 bits per heavy atom. The van der Waals surface area contributed by atoms with Crippen LogP contribution in [0.25, 0.3) is 0 Å². The van der Waals surface area contributed by atoms with E-state index in [0.717, 1.165) is 24.0 Å². The maximum atomic E-state index is 5.66. The van der Waals surface area contributed by atoms with Gasteiger partial charge in [-0.25, -0.2) is 0 Å². The second kappa shape index (κ2) is 6.01. The van der Waals surface area contributed by atoms with E-state index in [1.54, 1.807) is 0 Å². The molecule has 0 N–H and O–H groups in total. The number of hydrogen-bond acceptors (Lipinski definition) is 1. The third kappa shape index (κ3) is 3.46. The highest BCUT2D eigenvalue weighted by Crippen LogP contribution is 2.18. The van der Waals surface area contributed by atoms with Gasteiger partial charge >= 0.3 is 0 Å². The topological polar surface area (TPSA) is 9.23 Å². The zero-order chi connectivity index (χ0) is 12.0. The van der Waals surface area contributed by atoms with Crippen LogP contribution in [0.1, 0.15) is 13.8 Å². The van der Waals surface area contributed by atoms with Gasteiger partial charge in [-0.15, -0.1) is 6.58 Å². The highest BCUT2D eigenvalue weighted by Gasteiger charge is 2.09. The van der Waals surface area contributed by atoms with E-state index in [0.29, 0.717) is 5.76 Å². The lowest BCUT2D eigenvalue weighted by atomic mass is 9.62. The van der Waals surface area contributed by atoms with E-state index in [9.17, 15) is 0 Å². The maximum absolute atomic E-state index is 5.66. The van der Waals surface area contributed by atoms with Crippen molar-refractivity contribution in [3.63, 3.8) is 0 Å². The molecule has 0 saturated heterocycles. The zero-order valence-corrected chi connectivity index (χ0v) is 9.99. The second-order valence-corrected chi connectivity index (χ2v) is 3.59. The molecule has 0 spiro atoms. The van der Waals surface area contributed by atoms with Gasteiger partial charge < -0.3 is 4.74 Å². The van der Waals surface area contributed by atoms with Crippen molar-refractivity contribution < 1.29 is 4.74 Å². The van der Waals surface area contributed by atoms with Crippen molar-refractivity contribution in [2.75, 3.05) is 0 Å². The van der Waals surface area contributed by atoms with Crippen molar-refractivity contribution in [3.05, 3.63) is 72.1 Å². The van der Waals surface area contributed by atoms with Gasteiger partial charge in [0.2, 0.25) is 0 Å². The summed E-state index contributed by atoms with van der Waals surface area (Å²) in [5, 5.41) is 0. The summed E-state index contributed by atoms with van der Waals surface area (Å²) in [6.45, 7) is 11.8. The minimum absolute atomic E-state index is 0.643. The number of ether oxygens (including phenoxy) is 1.